The number of alkyl carbamates (subject to hydrolysis) is 1. The maximum atomic E-state index is 10.7. The first-order chi connectivity index (χ1) is 4.95. The van der Waals surface area contributed by atoms with Crippen LogP contribution in [0.1, 0.15) is 20.8 Å². The highest BCUT2D eigenvalue weighted by atomic mass is 16.6. The van der Waals surface area contributed by atoms with Crippen molar-refractivity contribution in [2.24, 2.45) is 0 Å². The van der Waals surface area contributed by atoms with Crippen molar-refractivity contribution < 1.29 is 14.6 Å². The Kier molecular flexibility index (Phi) is 3.44. The number of rotatable bonds is 1. The molecule has 0 aliphatic heterocycles. The molecule has 0 aliphatic rings. The number of nitrogens with one attached hydrogen (secondary N) is 1. The average Bonchev–Trinajstić information content (AvgIpc) is 1.79. The summed E-state index contributed by atoms with van der Waals surface area (Å²) >= 11 is 0. The van der Waals surface area contributed by atoms with E-state index in [2.05, 4.69) is 5.32 Å². The van der Waals surface area contributed by atoms with Crippen LogP contribution in [0.3, 0.4) is 0 Å². The first-order valence-corrected chi connectivity index (χ1v) is 3.24. The molecule has 0 rings (SSSR count). The van der Waals surface area contributed by atoms with E-state index in [1.807, 2.05) is 0 Å². The van der Waals surface area contributed by atoms with E-state index in [-0.39, 0.29) is 0 Å². The fourth-order valence-corrected chi connectivity index (χ4v) is 0.413. The van der Waals surface area contributed by atoms with Gasteiger partial charge in [-0.05, 0) is 20.8 Å². The Labute approximate surface area is 65.9 Å². The Morgan fingerprint density at radius 3 is 2.45 bits per heavy atom. The minimum atomic E-state index is -0.581. The van der Waals surface area contributed by atoms with Gasteiger partial charge in [0.1, 0.15) is 5.60 Å². The molecule has 0 aromatic heterocycles. The second-order valence-electron chi connectivity index (χ2n) is 2.96. The largest absolute Gasteiger partial charge is 0.514 e. The van der Waals surface area contributed by atoms with Gasteiger partial charge in [-0.15, -0.1) is 0 Å². The van der Waals surface area contributed by atoms with Gasteiger partial charge >= 0.3 is 6.09 Å². The molecule has 4 heteroatoms. The lowest BCUT2D eigenvalue weighted by Gasteiger charge is -2.18. The minimum absolute atomic E-state index is 0.507. The molecule has 2 N–H and O–H groups in total. The summed E-state index contributed by atoms with van der Waals surface area (Å²) in [7, 11) is 0. The first-order valence-electron chi connectivity index (χ1n) is 3.24. The van der Waals surface area contributed by atoms with Gasteiger partial charge in [-0.1, -0.05) is 0 Å². The lowest BCUT2D eigenvalue weighted by molar-refractivity contribution is 0.0551. The van der Waals surface area contributed by atoms with Gasteiger partial charge < -0.3 is 9.84 Å². The van der Waals surface area contributed by atoms with Gasteiger partial charge in [-0.3, -0.25) is 5.32 Å². The van der Waals surface area contributed by atoms with Crippen molar-refractivity contribution in [2.45, 2.75) is 26.4 Å². The number of ether oxygens (including phenoxy) is 1. The number of amides is 1. The number of carbonyl (C=O) groups is 1. The van der Waals surface area contributed by atoms with Crippen molar-refractivity contribution in [1.82, 2.24) is 5.32 Å². The van der Waals surface area contributed by atoms with Crippen molar-refractivity contribution in [3.05, 3.63) is 12.5 Å². The molecule has 0 bridgehead atoms. The van der Waals surface area contributed by atoms with Crippen LogP contribution in [-0.4, -0.2) is 16.8 Å². The molecule has 0 saturated heterocycles. The Bertz CT molecular complexity index is 158. The van der Waals surface area contributed by atoms with Gasteiger partial charge in [0.15, 0.2) is 0 Å². The molecular formula is C7H13NO3. The zero-order valence-electron chi connectivity index (χ0n) is 6.92. The van der Waals surface area contributed by atoms with Gasteiger partial charge in [-0.2, -0.15) is 0 Å². The summed E-state index contributed by atoms with van der Waals surface area (Å²) in [5, 5.41) is 10.4. The smallest absolute Gasteiger partial charge is 0.411 e. The van der Waals surface area contributed by atoms with Crippen molar-refractivity contribution in [3.8, 4) is 0 Å². The normalized spacial score (nSPS) is 11.5. The van der Waals surface area contributed by atoms with Crippen LogP contribution in [-0.2, 0) is 4.74 Å². The van der Waals surface area contributed by atoms with Crippen molar-refractivity contribution in [3.63, 3.8) is 0 Å². The molecule has 0 aliphatic carbocycles. The van der Waals surface area contributed by atoms with Crippen molar-refractivity contribution in [1.29, 1.82) is 0 Å². The van der Waals surface area contributed by atoms with E-state index < -0.39 is 11.7 Å². The Morgan fingerprint density at radius 2 is 2.09 bits per heavy atom. The van der Waals surface area contributed by atoms with Crippen LogP contribution in [0.2, 0.25) is 0 Å². The summed E-state index contributed by atoms with van der Waals surface area (Å²) < 4.78 is 4.83. The maximum absolute atomic E-state index is 10.7. The lowest BCUT2D eigenvalue weighted by atomic mass is 10.2. The summed E-state index contributed by atoms with van der Waals surface area (Å²) in [6.07, 6.45) is 1.24. The average molecular weight is 159 g/mol. The van der Waals surface area contributed by atoms with Gasteiger partial charge in [0.25, 0.3) is 0 Å². The highest BCUT2D eigenvalue weighted by Gasteiger charge is 2.14. The van der Waals surface area contributed by atoms with E-state index in [9.17, 15) is 4.79 Å². The molecule has 64 valence electrons. The molecule has 4 nitrogen and oxygen atoms in total. The molecule has 0 unspecified atom stereocenters. The summed E-state index contributed by atoms with van der Waals surface area (Å²) in [4.78, 5) is 10.7. The summed E-state index contributed by atoms with van der Waals surface area (Å²) in [6.45, 7) is 5.28. The van der Waals surface area contributed by atoms with E-state index >= 15 is 0 Å². The van der Waals surface area contributed by atoms with Crippen LogP contribution in [0.4, 0.5) is 4.79 Å². The summed E-state index contributed by atoms with van der Waals surface area (Å²) in [6, 6.07) is 0. The first kappa shape index (κ1) is 9.81. The second kappa shape index (κ2) is 3.85. The molecule has 0 radical (unpaired) electrons. The summed E-state index contributed by atoms with van der Waals surface area (Å²) in [5.74, 6) is 0. The van der Waals surface area contributed by atoms with Crippen molar-refractivity contribution in [2.75, 3.05) is 0 Å². The van der Waals surface area contributed by atoms with Crippen molar-refractivity contribution >= 4 is 6.09 Å². The fourth-order valence-electron chi connectivity index (χ4n) is 0.413. The maximum Gasteiger partial charge on any atom is 0.411 e. The topological polar surface area (TPSA) is 58.6 Å². The Balaban J connectivity index is 3.70. The monoisotopic (exact) mass is 159 g/mol. The fraction of sp³-hybridized carbons (Fsp3) is 0.571. The van der Waals surface area contributed by atoms with Gasteiger partial charge in [0, 0.05) is 6.20 Å². The zero-order chi connectivity index (χ0) is 8.91. The van der Waals surface area contributed by atoms with E-state index in [0.717, 1.165) is 12.5 Å². The molecule has 0 atom stereocenters. The van der Waals surface area contributed by atoms with Gasteiger partial charge in [0.05, 0.1) is 6.26 Å². The quantitative estimate of drug-likeness (QED) is 0.570. The zero-order valence-corrected chi connectivity index (χ0v) is 6.92. The predicted octanol–water partition coefficient (Wildman–Crippen LogP) is 1.54. The number of aliphatic hydroxyl groups excluding tert-OH is 1. The van der Waals surface area contributed by atoms with E-state index in [1.54, 1.807) is 20.8 Å². The van der Waals surface area contributed by atoms with Gasteiger partial charge in [-0.25, -0.2) is 4.79 Å². The van der Waals surface area contributed by atoms with E-state index in [1.165, 1.54) is 0 Å². The molecule has 1 amide bonds. The molecule has 0 fully saturated rings. The van der Waals surface area contributed by atoms with Gasteiger partial charge in [0.2, 0.25) is 0 Å². The Morgan fingerprint density at radius 1 is 1.55 bits per heavy atom. The third-order valence-corrected chi connectivity index (χ3v) is 0.675. The van der Waals surface area contributed by atoms with Crippen LogP contribution >= 0.6 is 0 Å². The van der Waals surface area contributed by atoms with Crippen LogP contribution in [0, 0.1) is 0 Å². The van der Waals surface area contributed by atoms with Crippen LogP contribution in [0.25, 0.3) is 0 Å². The number of carbonyl (C=O) groups excluding carboxylic acids is 1. The number of aliphatic hydroxyl groups is 1. The molecule has 0 heterocycles. The second-order valence-corrected chi connectivity index (χ2v) is 2.96. The SMILES string of the molecule is CC(C)(C)OC(=O)NC=CO. The molecule has 0 spiro atoms. The van der Waals surface area contributed by atoms with Crippen LogP contribution in [0.15, 0.2) is 12.5 Å². The molecule has 11 heavy (non-hydrogen) atoms. The Hall–Kier alpha value is -1.19. The number of hydrogen-bond acceptors (Lipinski definition) is 3. The highest BCUT2D eigenvalue weighted by molar-refractivity contribution is 5.68. The van der Waals surface area contributed by atoms with E-state index in [0.29, 0.717) is 0 Å². The van der Waals surface area contributed by atoms with E-state index in [4.69, 9.17) is 9.84 Å². The summed E-state index contributed by atoms with van der Waals surface area (Å²) in [5.41, 5.74) is -0.507. The molecular weight excluding hydrogens is 146 g/mol. The molecule has 0 aromatic rings. The predicted molar refractivity (Wildman–Crippen MR) is 41.1 cm³/mol. The third kappa shape index (κ3) is 6.70. The standard InChI is InChI=1S/C7H13NO3/c1-7(2,3)11-6(10)8-4-5-9/h4-5,9H,1-3H3,(H,8,10). The highest BCUT2D eigenvalue weighted by Crippen LogP contribution is 2.05. The van der Waals surface area contributed by atoms with Crippen LogP contribution < -0.4 is 5.32 Å². The lowest BCUT2D eigenvalue weighted by Crippen LogP contribution is -2.29. The molecule has 0 saturated carbocycles. The third-order valence-electron chi connectivity index (χ3n) is 0.675. The van der Waals surface area contributed by atoms with Crippen LogP contribution in [0.5, 0.6) is 0 Å². The number of hydrogen-bond donors (Lipinski definition) is 2. The minimum Gasteiger partial charge on any atom is -0.514 e. The molecule has 0 aromatic carbocycles.